The maximum atomic E-state index is 14.2. The average Bonchev–Trinajstić information content (AvgIpc) is 3.44. The normalized spacial score (nSPS) is 14.3. The number of thiazole rings is 1. The molecule has 6 aromatic rings. The van der Waals surface area contributed by atoms with E-state index in [0.717, 1.165) is 16.9 Å². The smallest absolute Gasteiger partial charge is 0.271 e. The van der Waals surface area contributed by atoms with Gasteiger partial charge in [-0.25, -0.2) is 4.99 Å². The second-order valence-corrected chi connectivity index (χ2v) is 12.5. The van der Waals surface area contributed by atoms with Crippen molar-refractivity contribution in [2.24, 2.45) is 4.99 Å². The maximum Gasteiger partial charge on any atom is 0.271 e. The van der Waals surface area contributed by atoms with Crippen LogP contribution in [0.4, 0.5) is 5.69 Å². The van der Waals surface area contributed by atoms with Crippen LogP contribution >= 0.6 is 11.3 Å². The molecule has 1 aliphatic heterocycles. The first-order valence-electron chi connectivity index (χ1n) is 15.7. The van der Waals surface area contributed by atoms with Gasteiger partial charge in [0.05, 0.1) is 30.0 Å². The summed E-state index contributed by atoms with van der Waals surface area (Å²) in [4.78, 5) is 33.4. The quantitative estimate of drug-likeness (QED) is 0.187. The van der Waals surface area contributed by atoms with Crippen LogP contribution < -0.4 is 34.4 Å². The number of methoxy groups -OCH3 is 2. The molecule has 8 nitrogen and oxygen atoms in total. The van der Waals surface area contributed by atoms with Gasteiger partial charge in [0.2, 0.25) is 0 Å². The summed E-state index contributed by atoms with van der Waals surface area (Å²) in [6, 6.07) is 35.9. The summed E-state index contributed by atoms with van der Waals surface area (Å²) in [5.74, 6) is 1.44. The third-order valence-corrected chi connectivity index (χ3v) is 9.47. The number of rotatable bonds is 9. The Morgan fingerprint density at radius 2 is 1.61 bits per heavy atom. The molecule has 49 heavy (non-hydrogen) atoms. The van der Waals surface area contributed by atoms with Gasteiger partial charge < -0.3 is 19.5 Å². The summed E-state index contributed by atoms with van der Waals surface area (Å²) < 4.78 is 19.4. The summed E-state index contributed by atoms with van der Waals surface area (Å²) in [5.41, 5.74) is 3.81. The fourth-order valence-electron chi connectivity index (χ4n) is 6.06. The number of para-hydroxylation sites is 1. The lowest BCUT2D eigenvalue weighted by atomic mass is 9.94. The van der Waals surface area contributed by atoms with Crippen molar-refractivity contribution in [3.63, 3.8) is 0 Å². The Kier molecular flexibility index (Phi) is 8.83. The van der Waals surface area contributed by atoms with Crippen molar-refractivity contribution < 1.29 is 19.0 Å². The fraction of sp³-hybridized carbons (Fsp3) is 0.125. The van der Waals surface area contributed by atoms with E-state index < -0.39 is 6.04 Å². The maximum absolute atomic E-state index is 14.2. The van der Waals surface area contributed by atoms with Gasteiger partial charge in [-0.15, -0.1) is 0 Å². The SMILES string of the molecule is COc1ccc([C@@H]2C(C(=O)Nc3ccccc3)=C(C)N=c3s/c(=C\c4ccc(OCc5cccc6ccccc56)cc4)c(=O)n32)c(OC)c1. The van der Waals surface area contributed by atoms with E-state index in [-0.39, 0.29) is 11.5 Å². The van der Waals surface area contributed by atoms with Crippen LogP contribution in [0.25, 0.3) is 16.8 Å². The molecule has 7 rings (SSSR count). The Balaban J connectivity index is 1.24. The lowest BCUT2D eigenvalue weighted by Crippen LogP contribution is -2.40. The van der Waals surface area contributed by atoms with E-state index in [9.17, 15) is 9.59 Å². The van der Waals surface area contributed by atoms with E-state index in [4.69, 9.17) is 19.2 Å². The Morgan fingerprint density at radius 1 is 0.878 bits per heavy atom. The molecule has 0 aliphatic carbocycles. The van der Waals surface area contributed by atoms with E-state index in [1.54, 1.807) is 37.8 Å². The minimum atomic E-state index is -0.798. The molecule has 0 bridgehead atoms. The van der Waals surface area contributed by atoms with Gasteiger partial charge in [-0.1, -0.05) is 84.1 Å². The predicted octanol–water partition coefficient (Wildman–Crippen LogP) is 6.62. The standard InChI is InChI=1S/C40H33N3O5S/c1-25-36(38(44)42-29-13-5-4-6-14-29)37(33-21-20-31(46-2)23-34(33)47-3)43-39(45)35(49-40(43)41-25)22-26-16-18-30(19-17-26)48-24-28-12-9-11-27-10-7-8-15-32(27)28/h4-23,37H,24H2,1-3H3,(H,42,44)/b35-22-/t37-/m1/s1. The Bertz CT molecular complexity index is 2390. The number of carbonyl (C=O) groups is 1. The zero-order valence-electron chi connectivity index (χ0n) is 27.2. The van der Waals surface area contributed by atoms with Crippen molar-refractivity contribution in [1.82, 2.24) is 4.57 Å². The summed E-state index contributed by atoms with van der Waals surface area (Å²) >= 11 is 1.28. The van der Waals surface area contributed by atoms with Gasteiger partial charge in [0, 0.05) is 17.3 Å². The van der Waals surface area contributed by atoms with Crippen LogP contribution in [0.5, 0.6) is 17.2 Å². The number of nitrogens with one attached hydrogen (secondary N) is 1. The van der Waals surface area contributed by atoms with Crippen molar-refractivity contribution in [1.29, 1.82) is 0 Å². The van der Waals surface area contributed by atoms with Crippen molar-refractivity contribution in [3.8, 4) is 17.2 Å². The zero-order chi connectivity index (χ0) is 33.9. The van der Waals surface area contributed by atoms with Gasteiger partial charge >= 0.3 is 0 Å². The Labute approximate surface area is 286 Å². The number of carbonyl (C=O) groups excluding carboxylic acids is 1. The molecule has 1 N–H and O–H groups in total. The molecular formula is C40H33N3O5S. The fourth-order valence-corrected chi connectivity index (χ4v) is 7.11. The molecule has 1 aliphatic rings. The molecule has 1 atom stereocenters. The molecule has 1 amide bonds. The van der Waals surface area contributed by atoms with Crippen LogP contribution in [-0.2, 0) is 11.4 Å². The first kappa shape index (κ1) is 31.7. The molecule has 0 saturated carbocycles. The minimum absolute atomic E-state index is 0.264. The number of allylic oxidation sites excluding steroid dienone is 1. The molecule has 244 valence electrons. The van der Waals surface area contributed by atoms with Crippen molar-refractivity contribution in [2.75, 3.05) is 19.5 Å². The topological polar surface area (TPSA) is 91.2 Å². The molecule has 5 aromatic carbocycles. The number of aromatic nitrogens is 1. The third kappa shape index (κ3) is 6.36. The van der Waals surface area contributed by atoms with Gasteiger partial charge in [0.25, 0.3) is 11.5 Å². The number of benzene rings is 5. The van der Waals surface area contributed by atoms with Gasteiger partial charge in [-0.05, 0) is 71.3 Å². The average molecular weight is 668 g/mol. The number of fused-ring (bicyclic) bond motifs is 2. The van der Waals surface area contributed by atoms with Crippen LogP contribution in [-0.4, -0.2) is 24.7 Å². The van der Waals surface area contributed by atoms with Crippen molar-refractivity contribution in [2.45, 2.75) is 19.6 Å². The van der Waals surface area contributed by atoms with Crippen LogP contribution in [0, 0.1) is 0 Å². The lowest BCUT2D eigenvalue weighted by molar-refractivity contribution is -0.113. The molecule has 0 radical (unpaired) electrons. The van der Waals surface area contributed by atoms with Gasteiger partial charge in [-0.3, -0.25) is 14.2 Å². The molecule has 9 heteroatoms. The first-order chi connectivity index (χ1) is 23.9. The highest BCUT2D eigenvalue weighted by molar-refractivity contribution is 7.07. The summed E-state index contributed by atoms with van der Waals surface area (Å²) in [7, 11) is 3.13. The van der Waals surface area contributed by atoms with Crippen LogP contribution in [0.1, 0.15) is 29.7 Å². The summed E-state index contributed by atoms with van der Waals surface area (Å²) in [5, 5.41) is 5.32. The van der Waals surface area contributed by atoms with E-state index in [1.165, 1.54) is 22.1 Å². The van der Waals surface area contributed by atoms with E-state index in [1.807, 2.05) is 84.9 Å². The second kappa shape index (κ2) is 13.7. The van der Waals surface area contributed by atoms with Crippen LogP contribution in [0.15, 0.2) is 136 Å². The molecule has 2 heterocycles. The highest BCUT2D eigenvalue weighted by atomic mass is 32.1. The molecular weight excluding hydrogens is 635 g/mol. The predicted molar refractivity (Wildman–Crippen MR) is 193 cm³/mol. The van der Waals surface area contributed by atoms with Gasteiger partial charge in [0.15, 0.2) is 4.80 Å². The highest BCUT2D eigenvalue weighted by Gasteiger charge is 2.34. The van der Waals surface area contributed by atoms with Gasteiger partial charge in [0.1, 0.15) is 29.9 Å². The number of ether oxygens (including phenoxy) is 3. The minimum Gasteiger partial charge on any atom is -0.497 e. The van der Waals surface area contributed by atoms with Gasteiger partial charge in [-0.2, -0.15) is 0 Å². The zero-order valence-corrected chi connectivity index (χ0v) is 28.0. The number of nitrogens with zero attached hydrogens (tertiary/aromatic N) is 2. The highest BCUT2D eigenvalue weighted by Crippen LogP contribution is 2.37. The van der Waals surface area contributed by atoms with Crippen molar-refractivity contribution >= 4 is 39.8 Å². The third-order valence-electron chi connectivity index (χ3n) is 8.49. The Hall–Kier alpha value is -5.93. The molecule has 0 unspecified atom stereocenters. The van der Waals surface area contributed by atoms with Crippen LogP contribution in [0.2, 0.25) is 0 Å². The molecule has 0 fully saturated rings. The first-order valence-corrected chi connectivity index (χ1v) is 16.6. The van der Waals surface area contributed by atoms with E-state index >= 15 is 0 Å². The molecule has 0 spiro atoms. The number of amides is 1. The molecule has 0 saturated heterocycles. The molecule has 1 aromatic heterocycles. The van der Waals surface area contributed by atoms with E-state index in [2.05, 4.69) is 29.6 Å². The number of hydrogen-bond donors (Lipinski definition) is 1. The number of anilines is 1. The Morgan fingerprint density at radius 3 is 2.39 bits per heavy atom. The van der Waals surface area contributed by atoms with Crippen LogP contribution in [0.3, 0.4) is 0 Å². The summed E-state index contributed by atoms with van der Waals surface area (Å²) in [6.07, 6.45) is 1.84. The second-order valence-electron chi connectivity index (χ2n) is 11.5. The largest absolute Gasteiger partial charge is 0.497 e. The summed E-state index contributed by atoms with van der Waals surface area (Å²) in [6.45, 7) is 2.23. The van der Waals surface area contributed by atoms with E-state index in [0.29, 0.717) is 50.0 Å². The lowest BCUT2D eigenvalue weighted by Gasteiger charge is -2.26. The van der Waals surface area contributed by atoms with Crippen molar-refractivity contribution in [3.05, 3.63) is 163 Å². The monoisotopic (exact) mass is 667 g/mol. The number of hydrogen-bond acceptors (Lipinski definition) is 7.